The minimum Gasteiger partial charge on any atom is -0.265 e. The molecule has 2 aromatic heterocycles. The summed E-state index contributed by atoms with van der Waals surface area (Å²) in [4.78, 5) is 4.37. The van der Waals surface area contributed by atoms with Crippen LogP contribution < -0.4 is 0 Å². The third-order valence-electron chi connectivity index (χ3n) is 3.44. The maximum atomic E-state index is 4.41. The first-order valence-electron chi connectivity index (χ1n) is 6.35. The van der Waals surface area contributed by atoms with Gasteiger partial charge in [0.15, 0.2) is 0 Å². The number of aromatic amines is 1. The SMILES string of the molecule is Brc1cc2nccc2c2c1n[nH]n2Cc1ccccc1. The summed E-state index contributed by atoms with van der Waals surface area (Å²) >= 11 is 3.57. The molecule has 5 heteroatoms. The molecular weight excluding hydrogens is 316 g/mol. The molecule has 0 amide bonds. The second kappa shape index (κ2) is 4.45. The van der Waals surface area contributed by atoms with Crippen LogP contribution in [0.4, 0.5) is 0 Å². The molecule has 98 valence electrons. The lowest BCUT2D eigenvalue weighted by Crippen LogP contribution is -2.01. The topological polar surface area (TPSA) is 46.5 Å². The highest BCUT2D eigenvalue weighted by Gasteiger charge is 2.12. The van der Waals surface area contributed by atoms with E-state index in [0.29, 0.717) is 0 Å². The lowest BCUT2D eigenvalue weighted by Gasteiger charge is -2.05. The molecule has 0 aliphatic rings. The van der Waals surface area contributed by atoms with Crippen LogP contribution in [0.3, 0.4) is 0 Å². The van der Waals surface area contributed by atoms with Gasteiger partial charge in [-0.05, 0) is 33.6 Å². The maximum Gasteiger partial charge on any atom is 0.125 e. The predicted molar refractivity (Wildman–Crippen MR) is 82.6 cm³/mol. The van der Waals surface area contributed by atoms with Crippen LogP contribution in [0.25, 0.3) is 21.9 Å². The third kappa shape index (κ3) is 1.74. The molecule has 4 nitrogen and oxygen atoms in total. The monoisotopic (exact) mass is 326 g/mol. The van der Waals surface area contributed by atoms with Crippen molar-refractivity contribution in [2.45, 2.75) is 6.54 Å². The van der Waals surface area contributed by atoms with E-state index < -0.39 is 0 Å². The van der Waals surface area contributed by atoms with Crippen molar-refractivity contribution in [3.8, 4) is 0 Å². The van der Waals surface area contributed by atoms with Crippen molar-refractivity contribution in [2.75, 3.05) is 0 Å². The molecule has 0 aliphatic heterocycles. The molecule has 1 N–H and O–H groups in total. The van der Waals surface area contributed by atoms with Crippen LogP contribution in [0.15, 0.2) is 53.1 Å². The number of H-pyrrole nitrogens is 1. The van der Waals surface area contributed by atoms with Gasteiger partial charge in [-0.1, -0.05) is 30.3 Å². The fourth-order valence-corrected chi connectivity index (χ4v) is 3.00. The smallest absolute Gasteiger partial charge is 0.125 e. The highest BCUT2D eigenvalue weighted by molar-refractivity contribution is 9.10. The summed E-state index contributed by atoms with van der Waals surface area (Å²) in [5.41, 5.74) is 4.22. The van der Waals surface area contributed by atoms with Gasteiger partial charge in [0.05, 0.1) is 17.6 Å². The molecule has 0 atom stereocenters. The van der Waals surface area contributed by atoms with Crippen molar-refractivity contribution in [1.29, 1.82) is 0 Å². The number of benzene rings is 2. The largest absolute Gasteiger partial charge is 0.265 e. The Hall–Kier alpha value is -2.14. The first-order valence-corrected chi connectivity index (χ1v) is 7.14. The molecule has 0 fully saturated rings. The highest BCUT2D eigenvalue weighted by atomic mass is 79.9. The van der Waals surface area contributed by atoms with Crippen LogP contribution in [-0.4, -0.2) is 20.0 Å². The number of aromatic nitrogens is 4. The predicted octanol–water partition coefficient (Wildman–Crippen LogP) is 3.72. The second-order valence-corrected chi connectivity index (χ2v) is 5.57. The molecule has 20 heavy (non-hydrogen) atoms. The van der Waals surface area contributed by atoms with E-state index in [0.717, 1.165) is 33.0 Å². The molecule has 4 rings (SSSR count). The number of halogens is 1. The summed E-state index contributed by atoms with van der Waals surface area (Å²) in [6, 6.07) is 14.4. The quantitative estimate of drug-likeness (QED) is 0.610. The van der Waals surface area contributed by atoms with Crippen molar-refractivity contribution in [1.82, 2.24) is 20.0 Å². The standard InChI is InChI=1S/C15H11BrN4/c16-12-8-13-11(6-7-17-13)15-14(12)18-19-20(15)9-10-4-2-1-3-5-10/h1-8,19H,9H2. The van der Waals surface area contributed by atoms with E-state index >= 15 is 0 Å². The molecule has 0 spiro atoms. The number of rotatable bonds is 2. The maximum absolute atomic E-state index is 4.41. The molecular formula is C15H11BrN4. The van der Waals surface area contributed by atoms with Crippen LogP contribution in [0.5, 0.6) is 0 Å². The van der Waals surface area contributed by atoms with E-state index in [1.165, 1.54) is 5.56 Å². The number of nitrogens with zero attached hydrogens (tertiary/aromatic N) is 3. The zero-order chi connectivity index (χ0) is 13.5. The van der Waals surface area contributed by atoms with Crippen molar-refractivity contribution < 1.29 is 0 Å². The van der Waals surface area contributed by atoms with E-state index in [9.17, 15) is 0 Å². The highest BCUT2D eigenvalue weighted by Crippen LogP contribution is 2.30. The Morgan fingerprint density at radius 1 is 1.15 bits per heavy atom. The zero-order valence-electron chi connectivity index (χ0n) is 10.5. The van der Waals surface area contributed by atoms with E-state index in [-0.39, 0.29) is 0 Å². The molecule has 0 saturated heterocycles. The van der Waals surface area contributed by atoms with Gasteiger partial charge < -0.3 is 0 Å². The van der Waals surface area contributed by atoms with E-state index in [1.807, 2.05) is 36.5 Å². The molecule has 0 aliphatic carbocycles. The van der Waals surface area contributed by atoms with Crippen molar-refractivity contribution in [2.24, 2.45) is 0 Å². The third-order valence-corrected chi connectivity index (χ3v) is 4.04. The lowest BCUT2D eigenvalue weighted by molar-refractivity contribution is 0.671. The van der Waals surface area contributed by atoms with Crippen LogP contribution in [0.2, 0.25) is 0 Å². The summed E-state index contributed by atoms with van der Waals surface area (Å²) in [6.07, 6.45) is 1.83. The Labute approximate surface area is 123 Å². The number of hydrogen-bond donors (Lipinski definition) is 1. The minimum absolute atomic E-state index is 0.758. The van der Waals surface area contributed by atoms with Gasteiger partial charge in [0.1, 0.15) is 5.52 Å². The number of nitrogens with one attached hydrogen (secondary N) is 1. The molecule has 0 saturated carbocycles. The summed E-state index contributed by atoms with van der Waals surface area (Å²) in [7, 11) is 0. The van der Waals surface area contributed by atoms with Crippen LogP contribution in [-0.2, 0) is 6.54 Å². The van der Waals surface area contributed by atoms with Crippen LogP contribution in [0, 0.1) is 0 Å². The summed E-state index contributed by atoms with van der Waals surface area (Å²) < 4.78 is 3.01. The molecule has 2 aromatic carbocycles. The Morgan fingerprint density at radius 3 is 2.85 bits per heavy atom. The van der Waals surface area contributed by atoms with Gasteiger partial charge in [0.2, 0.25) is 0 Å². The summed E-state index contributed by atoms with van der Waals surface area (Å²) in [5, 5.41) is 8.62. The second-order valence-electron chi connectivity index (χ2n) is 4.72. The van der Waals surface area contributed by atoms with Gasteiger partial charge in [-0.25, -0.2) is 5.21 Å². The van der Waals surface area contributed by atoms with E-state index in [2.05, 4.69) is 48.0 Å². The number of hydrogen-bond acceptors (Lipinski definition) is 2. The Morgan fingerprint density at radius 2 is 2.00 bits per heavy atom. The first-order chi connectivity index (χ1) is 9.83. The molecule has 4 aromatic rings. The van der Waals surface area contributed by atoms with Crippen molar-refractivity contribution >= 4 is 37.9 Å². The van der Waals surface area contributed by atoms with Gasteiger partial charge in [-0.3, -0.25) is 9.67 Å². The lowest BCUT2D eigenvalue weighted by atomic mass is 10.2. The van der Waals surface area contributed by atoms with Gasteiger partial charge in [0, 0.05) is 16.1 Å². The number of fused-ring (bicyclic) bond motifs is 3. The average Bonchev–Trinajstić information content (AvgIpc) is 3.07. The normalized spacial score (nSPS) is 11.4. The Balaban J connectivity index is 1.96. The van der Waals surface area contributed by atoms with Crippen molar-refractivity contribution in [3.63, 3.8) is 0 Å². The first kappa shape index (κ1) is 11.7. The van der Waals surface area contributed by atoms with Gasteiger partial charge in [0.25, 0.3) is 0 Å². The van der Waals surface area contributed by atoms with Gasteiger partial charge >= 0.3 is 0 Å². The Bertz CT molecular complexity index is 892. The van der Waals surface area contributed by atoms with E-state index in [1.54, 1.807) is 0 Å². The fraction of sp³-hybridized carbons (Fsp3) is 0.0667. The van der Waals surface area contributed by atoms with Crippen LogP contribution in [0.1, 0.15) is 5.56 Å². The summed E-state index contributed by atoms with van der Waals surface area (Å²) in [5.74, 6) is 0. The fourth-order valence-electron chi connectivity index (χ4n) is 2.51. The van der Waals surface area contributed by atoms with E-state index in [4.69, 9.17) is 0 Å². The summed E-state index contributed by atoms with van der Waals surface area (Å²) in [6.45, 7) is 0.758. The van der Waals surface area contributed by atoms with Gasteiger partial charge in [-0.2, -0.15) is 5.10 Å². The Kier molecular flexibility index (Phi) is 2.60. The molecule has 2 heterocycles. The van der Waals surface area contributed by atoms with Crippen LogP contribution >= 0.6 is 15.9 Å². The van der Waals surface area contributed by atoms with Gasteiger partial charge in [-0.15, -0.1) is 0 Å². The molecule has 0 bridgehead atoms. The molecule has 0 unspecified atom stereocenters. The average molecular weight is 327 g/mol. The van der Waals surface area contributed by atoms with Crippen molar-refractivity contribution in [3.05, 3.63) is 58.7 Å². The minimum atomic E-state index is 0.758. The molecule has 0 radical (unpaired) electrons. The zero-order valence-corrected chi connectivity index (χ0v) is 12.1.